The van der Waals surface area contributed by atoms with E-state index in [0.29, 0.717) is 6.61 Å². The van der Waals surface area contributed by atoms with Crippen LogP contribution in [0.4, 0.5) is 0 Å². The summed E-state index contributed by atoms with van der Waals surface area (Å²) in [5.74, 6) is -0.103. The van der Waals surface area contributed by atoms with Gasteiger partial charge < -0.3 is 10.1 Å². The molecule has 1 fully saturated rings. The second-order valence-corrected chi connectivity index (χ2v) is 4.05. The summed E-state index contributed by atoms with van der Waals surface area (Å²) in [5, 5.41) is 3.13. The molecule has 0 amide bonds. The van der Waals surface area contributed by atoms with Crippen molar-refractivity contribution in [2.24, 2.45) is 0 Å². The van der Waals surface area contributed by atoms with Gasteiger partial charge in [0.2, 0.25) is 0 Å². The SMILES string of the molecule is O=C(OCCc1ccccc1)C1CCCN1. The molecule has 1 N–H and O–H groups in total. The van der Waals surface area contributed by atoms with Crippen LogP contribution >= 0.6 is 0 Å². The number of esters is 1. The van der Waals surface area contributed by atoms with Crippen LogP contribution < -0.4 is 5.32 Å². The maximum absolute atomic E-state index is 11.6. The maximum atomic E-state index is 11.6. The molecule has 2 rings (SSSR count). The van der Waals surface area contributed by atoms with Gasteiger partial charge in [-0.15, -0.1) is 0 Å². The molecule has 1 heterocycles. The van der Waals surface area contributed by atoms with Gasteiger partial charge in [-0.3, -0.25) is 4.79 Å². The first-order valence-electron chi connectivity index (χ1n) is 5.80. The van der Waals surface area contributed by atoms with Crippen LogP contribution in [-0.2, 0) is 16.0 Å². The Morgan fingerprint density at radius 2 is 2.19 bits per heavy atom. The van der Waals surface area contributed by atoms with E-state index in [2.05, 4.69) is 5.32 Å². The quantitative estimate of drug-likeness (QED) is 0.780. The van der Waals surface area contributed by atoms with Gasteiger partial charge in [-0.1, -0.05) is 30.3 Å². The zero-order valence-electron chi connectivity index (χ0n) is 9.32. The van der Waals surface area contributed by atoms with Gasteiger partial charge in [-0.05, 0) is 24.9 Å². The summed E-state index contributed by atoms with van der Waals surface area (Å²) in [7, 11) is 0. The highest BCUT2D eigenvalue weighted by Crippen LogP contribution is 2.07. The number of benzene rings is 1. The van der Waals surface area contributed by atoms with E-state index < -0.39 is 0 Å². The molecule has 3 nitrogen and oxygen atoms in total. The predicted molar refractivity (Wildman–Crippen MR) is 62.1 cm³/mol. The lowest BCUT2D eigenvalue weighted by molar-refractivity contribution is -0.145. The Balaban J connectivity index is 1.70. The molecule has 1 aliphatic heterocycles. The molecule has 1 unspecified atom stereocenters. The van der Waals surface area contributed by atoms with E-state index in [1.807, 2.05) is 30.3 Å². The highest BCUT2D eigenvalue weighted by Gasteiger charge is 2.22. The van der Waals surface area contributed by atoms with Crippen molar-refractivity contribution in [3.8, 4) is 0 Å². The minimum absolute atomic E-state index is 0.0734. The zero-order chi connectivity index (χ0) is 11.2. The number of ether oxygens (including phenoxy) is 1. The molecule has 16 heavy (non-hydrogen) atoms. The van der Waals surface area contributed by atoms with E-state index in [-0.39, 0.29) is 12.0 Å². The van der Waals surface area contributed by atoms with E-state index in [1.54, 1.807) is 0 Å². The summed E-state index contributed by atoms with van der Waals surface area (Å²) in [4.78, 5) is 11.6. The van der Waals surface area contributed by atoms with Crippen molar-refractivity contribution in [2.75, 3.05) is 13.2 Å². The summed E-state index contributed by atoms with van der Waals surface area (Å²) in [6, 6.07) is 9.99. The lowest BCUT2D eigenvalue weighted by atomic mass is 10.2. The molecule has 0 radical (unpaired) electrons. The van der Waals surface area contributed by atoms with Crippen LogP contribution in [0.1, 0.15) is 18.4 Å². The first-order chi connectivity index (χ1) is 7.86. The average molecular weight is 219 g/mol. The van der Waals surface area contributed by atoms with Crippen molar-refractivity contribution in [1.29, 1.82) is 0 Å². The molecule has 3 heteroatoms. The van der Waals surface area contributed by atoms with Crippen molar-refractivity contribution in [1.82, 2.24) is 5.32 Å². The average Bonchev–Trinajstić information content (AvgIpc) is 2.84. The van der Waals surface area contributed by atoms with Gasteiger partial charge in [0.15, 0.2) is 0 Å². The van der Waals surface area contributed by atoms with Gasteiger partial charge in [-0.25, -0.2) is 0 Å². The number of hydrogen-bond donors (Lipinski definition) is 1. The van der Waals surface area contributed by atoms with E-state index in [9.17, 15) is 4.79 Å². The topological polar surface area (TPSA) is 38.3 Å². The van der Waals surface area contributed by atoms with E-state index in [4.69, 9.17) is 4.74 Å². The monoisotopic (exact) mass is 219 g/mol. The van der Waals surface area contributed by atoms with Gasteiger partial charge in [0.05, 0.1) is 6.61 Å². The number of hydrogen-bond acceptors (Lipinski definition) is 3. The van der Waals surface area contributed by atoms with Crippen molar-refractivity contribution in [3.05, 3.63) is 35.9 Å². The molecule has 0 spiro atoms. The summed E-state index contributed by atoms with van der Waals surface area (Å²) in [6.07, 6.45) is 2.77. The largest absolute Gasteiger partial charge is 0.464 e. The Hall–Kier alpha value is -1.35. The van der Waals surface area contributed by atoms with Crippen LogP contribution in [0.5, 0.6) is 0 Å². The molecule has 0 aromatic heterocycles. The second kappa shape index (κ2) is 5.66. The Bertz CT molecular complexity index is 331. The smallest absolute Gasteiger partial charge is 0.323 e. The number of nitrogens with one attached hydrogen (secondary N) is 1. The first kappa shape index (κ1) is 11.1. The third-order valence-electron chi connectivity index (χ3n) is 2.82. The maximum Gasteiger partial charge on any atom is 0.323 e. The van der Waals surface area contributed by atoms with E-state index >= 15 is 0 Å². The van der Waals surface area contributed by atoms with Crippen LogP contribution in [-0.4, -0.2) is 25.2 Å². The summed E-state index contributed by atoms with van der Waals surface area (Å²) < 4.78 is 5.23. The van der Waals surface area contributed by atoms with Crippen molar-refractivity contribution < 1.29 is 9.53 Å². The van der Waals surface area contributed by atoms with Gasteiger partial charge in [-0.2, -0.15) is 0 Å². The fourth-order valence-electron chi connectivity index (χ4n) is 1.90. The molecule has 1 saturated heterocycles. The number of rotatable bonds is 4. The fourth-order valence-corrected chi connectivity index (χ4v) is 1.90. The van der Waals surface area contributed by atoms with Crippen molar-refractivity contribution in [3.63, 3.8) is 0 Å². The van der Waals surface area contributed by atoms with Crippen molar-refractivity contribution in [2.45, 2.75) is 25.3 Å². The Morgan fingerprint density at radius 3 is 2.88 bits per heavy atom. The lowest BCUT2D eigenvalue weighted by Crippen LogP contribution is -2.32. The second-order valence-electron chi connectivity index (χ2n) is 4.05. The number of carbonyl (C=O) groups excluding carboxylic acids is 1. The Morgan fingerprint density at radius 1 is 1.38 bits per heavy atom. The summed E-state index contributed by atoms with van der Waals surface area (Å²) in [6.45, 7) is 1.40. The molecule has 1 aromatic rings. The zero-order valence-corrected chi connectivity index (χ0v) is 9.32. The highest BCUT2D eigenvalue weighted by molar-refractivity contribution is 5.76. The van der Waals surface area contributed by atoms with Crippen LogP contribution in [0.15, 0.2) is 30.3 Å². The first-order valence-corrected chi connectivity index (χ1v) is 5.80. The number of carbonyl (C=O) groups is 1. The Kier molecular flexibility index (Phi) is 3.94. The van der Waals surface area contributed by atoms with Crippen molar-refractivity contribution >= 4 is 5.97 Å². The molecule has 1 aromatic carbocycles. The fraction of sp³-hybridized carbons (Fsp3) is 0.462. The molecule has 86 valence electrons. The van der Waals surface area contributed by atoms with Gasteiger partial charge in [0, 0.05) is 6.42 Å². The molecular weight excluding hydrogens is 202 g/mol. The molecule has 0 aliphatic carbocycles. The van der Waals surface area contributed by atoms with Crippen LogP contribution in [0, 0.1) is 0 Å². The van der Waals surface area contributed by atoms with E-state index in [1.165, 1.54) is 5.56 Å². The molecule has 0 bridgehead atoms. The van der Waals surface area contributed by atoms with Crippen LogP contribution in [0.2, 0.25) is 0 Å². The van der Waals surface area contributed by atoms with Gasteiger partial charge >= 0.3 is 5.97 Å². The lowest BCUT2D eigenvalue weighted by Gasteiger charge is -2.10. The Labute approximate surface area is 95.8 Å². The molecule has 0 saturated carbocycles. The van der Waals surface area contributed by atoms with Crippen LogP contribution in [0.25, 0.3) is 0 Å². The van der Waals surface area contributed by atoms with Gasteiger partial charge in [0.25, 0.3) is 0 Å². The molecule has 1 atom stereocenters. The normalized spacial score (nSPS) is 19.6. The van der Waals surface area contributed by atoms with Crippen LogP contribution in [0.3, 0.4) is 0 Å². The third-order valence-corrected chi connectivity index (χ3v) is 2.82. The molecular formula is C13H17NO2. The van der Waals surface area contributed by atoms with Gasteiger partial charge in [0.1, 0.15) is 6.04 Å². The molecule has 1 aliphatic rings. The van der Waals surface area contributed by atoms with E-state index in [0.717, 1.165) is 25.8 Å². The third kappa shape index (κ3) is 3.07. The minimum atomic E-state index is -0.103. The summed E-state index contributed by atoms with van der Waals surface area (Å²) in [5.41, 5.74) is 1.20. The minimum Gasteiger partial charge on any atom is -0.464 e. The summed E-state index contributed by atoms with van der Waals surface area (Å²) >= 11 is 0. The highest BCUT2D eigenvalue weighted by atomic mass is 16.5. The standard InChI is InChI=1S/C13H17NO2/c15-13(12-7-4-9-14-12)16-10-8-11-5-2-1-3-6-11/h1-3,5-6,12,14H,4,7-10H2. The predicted octanol–water partition coefficient (Wildman–Crippen LogP) is 1.52.